The van der Waals surface area contributed by atoms with Crippen molar-refractivity contribution in [1.82, 2.24) is 20.4 Å². The number of urea groups is 1. The van der Waals surface area contributed by atoms with E-state index in [2.05, 4.69) is 31.1 Å². The van der Waals surface area contributed by atoms with Gasteiger partial charge in [0.2, 0.25) is 5.95 Å². The van der Waals surface area contributed by atoms with Crippen LogP contribution in [0.1, 0.15) is 11.4 Å². The van der Waals surface area contributed by atoms with Crippen molar-refractivity contribution in [2.24, 2.45) is 0 Å². The lowest BCUT2D eigenvalue weighted by atomic mass is 10.2. The molecular weight excluding hydrogens is 329 g/mol. The molecule has 0 saturated heterocycles. The number of hydrogen-bond acceptors (Lipinski definition) is 6. The van der Waals surface area contributed by atoms with Crippen LogP contribution < -0.4 is 20.9 Å². The van der Waals surface area contributed by atoms with E-state index in [1.807, 2.05) is 0 Å². The van der Waals surface area contributed by atoms with Crippen molar-refractivity contribution in [3.05, 3.63) is 35.7 Å². The summed E-state index contributed by atoms with van der Waals surface area (Å²) < 4.78 is 42.7. The SMILES string of the molecule is COc1nc(C)nc(NNC(=O)Nc2cccc(C(F)(F)F)c2)n1. The molecule has 0 aliphatic heterocycles. The molecule has 2 amide bonds. The fourth-order valence-electron chi connectivity index (χ4n) is 1.65. The van der Waals surface area contributed by atoms with Crippen molar-refractivity contribution in [1.29, 1.82) is 0 Å². The van der Waals surface area contributed by atoms with Crippen LogP contribution in [0.5, 0.6) is 6.01 Å². The van der Waals surface area contributed by atoms with Crippen LogP contribution in [0.15, 0.2) is 24.3 Å². The minimum absolute atomic E-state index is 0.0125. The maximum Gasteiger partial charge on any atom is 0.416 e. The third-order valence-electron chi connectivity index (χ3n) is 2.64. The normalized spacial score (nSPS) is 10.9. The van der Waals surface area contributed by atoms with Crippen LogP contribution in [-0.4, -0.2) is 28.1 Å². The summed E-state index contributed by atoms with van der Waals surface area (Å²) in [7, 11) is 1.37. The average molecular weight is 342 g/mol. The van der Waals surface area contributed by atoms with Gasteiger partial charge in [-0.2, -0.15) is 28.1 Å². The number of hydrazine groups is 1. The molecule has 0 spiro atoms. The van der Waals surface area contributed by atoms with Crippen molar-refractivity contribution in [3.63, 3.8) is 0 Å². The molecule has 0 unspecified atom stereocenters. The summed E-state index contributed by atoms with van der Waals surface area (Å²) in [5, 5.41) is 2.25. The summed E-state index contributed by atoms with van der Waals surface area (Å²) in [5.74, 6) is 0.364. The quantitative estimate of drug-likeness (QED) is 0.738. The third-order valence-corrected chi connectivity index (χ3v) is 2.64. The second-order valence-electron chi connectivity index (χ2n) is 4.48. The highest BCUT2D eigenvalue weighted by atomic mass is 19.4. The number of nitrogens with one attached hydrogen (secondary N) is 3. The van der Waals surface area contributed by atoms with Crippen molar-refractivity contribution >= 4 is 17.7 Å². The van der Waals surface area contributed by atoms with Crippen molar-refractivity contribution in [3.8, 4) is 6.01 Å². The molecule has 0 aliphatic carbocycles. The Kier molecular flexibility index (Phi) is 5.02. The Morgan fingerprint density at radius 3 is 2.62 bits per heavy atom. The highest BCUT2D eigenvalue weighted by Crippen LogP contribution is 2.30. The number of anilines is 2. The van der Waals surface area contributed by atoms with Gasteiger partial charge in [0.05, 0.1) is 12.7 Å². The molecule has 24 heavy (non-hydrogen) atoms. The number of ether oxygens (including phenoxy) is 1. The summed E-state index contributed by atoms with van der Waals surface area (Å²) >= 11 is 0. The van der Waals surface area contributed by atoms with Gasteiger partial charge in [-0.05, 0) is 25.1 Å². The average Bonchev–Trinajstić information content (AvgIpc) is 2.52. The van der Waals surface area contributed by atoms with Crippen LogP contribution in [0.4, 0.5) is 29.6 Å². The number of aryl methyl sites for hydroxylation is 1. The molecule has 0 bridgehead atoms. The number of benzene rings is 1. The van der Waals surface area contributed by atoms with E-state index >= 15 is 0 Å². The molecule has 0 radical (unpaired) electrons. The number of halogens is 3. The molecular formula is C13H13F3N6O2. The van der Waals surface area contributed by atoms with Gasteiger partial charge >= 0.3 is 18.2 Å². The fraction of sp³-hybridized carbons (Fsp3) is 0.231. The molecule has 11 heteroatoms. The van der Waals surface area contributed by atoms with Crippen LogP contribution in [0.25, 0.3) is 0 Å². The molecule has 0 aliphatic rings. The Morgan fingerprint density at radius 1 is 1.21 bits per heavy atom. The molecule has 1 aromatic carbocycles. The molecule has 3 N–H and O–H groups in total. The van der Waals surface area contributed by atoms with E-state index in [0.29, 0.717) is 5.82 Å². The number of nitrogens with zero attached hydrogens (tertiary/aromatic N) is 3. The maximum atomic E-state index is 12.6. The van der Waals surface area contributed by atoms with E-state index in [4.69, 9.17) is 4.74 Å². The van der Waals surface area contributed by atoms with Crippen LogP contribution in [0, 0.1) is 6.92 Å². The van der Waals surface area contributed by atoms with E-state index < -0.39 is 17.8 Å². The first-order chi connectivity index (χ1) is 11.3. The van der Waals surface area contributed by atoms with E-state index in [9.17, 15) is 18.0 Å². The van der Waals surface area contributed by atoms with Crippen molar-refractivity contribution in [2.45, 2.75) is 13.1 Å². The fourth-order valence-corrected chi connectivity index (χ4v) is 1.65. The predicted molar refractivity (Wildman–Crippen MR) is 78.3 cm³/mol. The van der Waals surface area contributed by atoms with E-state index in [1.165, 1.54) is 19.2 Å². The van der Waals surface area contributed by atoms with Crippen molar-refractivity contribution in [2.75, 3.05) is 17.9 Å². The molecule has 0 fully saturated rings. The topological polar surface area (TPSA) is 101 Å². The molecule has 1 heterocycles. The number of methoxy groups -OCH3 is 1. The monoisotopic (exact) mass is 342 g/mol. The first-order valence-electron chi connectivity index (χ1n) is 6.55. The van der Waals surface area contributed by atoms with E-state index in [0.717, 1.165) is 12.1 Å². The Labute approximate surface area is 134 Å². The number of carbonyl (C=O) groups is 1. The second kappa shape index (κ2) is 6.98. The Balaban J connectivity index is 1.98. The molecule has 1 aromatic heterocycles. The lowest BCUT2D eigenvalue weighted by Crippen LogP contribution is -2.34. The lowest BCUT2D eigenvalue weighted by Gasteiger charge is -2.11. The van der Waals surface area contributed by atoms with Gasteiger partial charge in [0.15, 0.2) is 0 Å². The highest BCUT2D eigenvalue weighted by molar-refractivity contribution is 5.89. The molecule has 2 aromatic rings. The molecule has 128 valence electrons. The number of amides is 2. The number of rotatable bonds is 4. The van der Waals surface area contributed by atoms with Gasteiger partial charge in [-0.15, -0.1) is 0 Å². The Morgan fingerprint density at radius 2 is 1.96 bits per heavy atom. The number of carbonyl (C=O) groups excluding carboxylic acids is 1. The Bertz CT molecular complexity index is 738. The summed E-state index contributed by atoms with van der Waals surface area (Å²) in [5.41, 5.74) is 3.70. The van der Waals surface area contributed by atoms with E-state index in [-0.39, 0.29) is 17.6 Å². The van der Waals surface area contributed by atoms with Gasteiger partial charge < -0.3 is 10.1 Å². The summed E-state index contributed by atoms with van der Waals surface area (Å²) in [6.45, 7) is 1.60. The zero-order valence-electron chi connectivity index (χ0n) is 12.6. The first-order valence-corrected chi connectivity index (χ1v) is 6.55. The maximum absolute atomic E-state index is 12.6. The summed E-state index contributed by atoms with van der Waals surface area (Å²) in [6, 6.07) is 3.48. The minimum atomic E-state index is -4.49. The smallest absolute Gasteiger partial charge is 0.416 e. The standard InChI is InChI=1S/C13H13F3N6O2/c1-7-17-10(20-12(18-7)24-2)21-22-11(23)19-9-5-3-4-8(6-9)13(14,15)16/h3-6H,1-2H3,(H2,19,22,23)(H,17,18,20,21). The molecule has 2 rings (SSSR count). The minimum Gasteiger partial charge on any atom is -0.467 e. The van der Waals surface area contributed by atoms with Gasteiger partial charge in [-0.3, -0.25) is 5.43 Å². The zero-order valence-corrected chi connectivity index (χ0v) is 12.6. The van der Waals surface area contributed by atoms with Crippen LogP contribution in [0.2, 0.25) is 0 Å². The number of hydrogen-bond donors (Lipinski definition) is 3. The van der Waals surface area contributed by atoms with Gasteiger partial charge in [0.1, 0.15) is 5.82 Å². The predicted octanol–water partition coefficient (Wildman–Crippen LogP) is 2.36. The first kappa shape index (κ1) is 17.2. The van der Waals surface area contributed by atoms with Gasteiger partial charge in [-0.1, -0.05) is 6.07 Å². The highest BCUT2D eigenvalue weighted by Gasteiger charge is 2.30. The van der Waals surface area contributed by atoms with Gasteiger partial charge in [0, 0.05) is 5.69 Å². The summed E-state index contributed by atoms with van der Waals surface area (Å²) in [6.07, 6.45) is -4.49. The van der Waals surface area contributed by atoms with Crippen LogP contribution in [0.3, 0.4) is 0 Å². The molecule has 8 nitrogen and oxygen atoms in total. The van der Waals surface area contributed by atoms with Crippen LogP contribution >= 0.6 is 0 Å². The number of alkyl halides is 3. The lowest BCUT2D eigenvalue weighted by molar-refractivity contribution is -0.137. The zero-order chi connectivity index (χ0) is 17.7. The Hall–Kier alpha value is -3.11. The van der Waals surface area contributed by atoms with E-state index in [1.54, 1.807) is 6.92 Å². The third kappa shape index (κ3) is 4.69. The number of aromatic nitrogens is 3. The van der Waals surface area contributed by atoms with Gasteiger partial charge in [-0.25, -0.2) is 10.2 Å². The largest absolute Gasteiger partial charge is 0.467 e. The van der Waals surface area contributed by atoms with Crippen molar-refractivity contribution < 1.29 is 22.7 Å². The van der Waals surface area contributed by atoms with Crippen LogP contribution in [-0.2, 0) is 6.18 Å². The summed E-state index contributed by atoms with van der Waals surface area (Å²) in [4.78, 5) is 23.3. The van der Waals surface area contributed by atoms with Gasteiger partial charge in [0.25, 0.3) is 0 Å². The second-order valence-corrected chi connectivity index (χ2v) is 4.48. The molecule has 0 atom stereocenters. The molecule has 0 saturated carbocycles.